The average Bonchev–Trinajstić information content (AvgIpc) is 2.39. The Morgan fingerprint density at radius 2 is 2.39 bits per heavy atom. The summed E-state index contributed by atoms with van der Waals surface area (Å²) in [5.41, 5.74) is 0.694. The van der Waals surface area contributed by atoms with Gasteiger partial charge in [-0.2, -0.15) is 0 Å². The summed E-state index contributed by atoms with van der Waals surface area (Å²) in [4.78, 5) is 17.9. The van der Waals surface area contributed by atoms with Crippen molar-refractivity contribution in [3.8, 4) is 5.88 Å². The van der Waals surface area contributed by atoms with Gasteiger partial charge < -0.3 is 15.0 Å². The molecular formula is C13H19N3O2. The fourth-order valence-electron chi connectivity index (χ4n) is 2.15. The minimum Gasteiger partial charge on any atom is -0.481 e. The van der Waals surface area contributed by atoms with Crippen LogP contribution in [-0.4, -0.2) is 36.1 Å². The van der Waals surface area contributed by atoms with E-state index in [-0.39, 0.29) is 6.03 Å². The molecule has 1 aromatic rings. The first-order valence-corrected chi connectivity index (χ1v) is 6.25. The Hall–Kier alpha value is -1.78. The summed E-state index contributed by atoms with van der Waals surface area (Å²) < 4.78 is 4.97. The molecule has 2 amide bonds. The fourth-order valence-corrected chi connectivity index (χ4v) is 2.15. The number of likely N-dealkylation sites (tertiary alicyclic amines) is 1. The third kappa shape index (κ3) is 3.12. The van der Waals surface area contributed by atoms with Gasteiger partial charge in [-0.1, -0.05) is 6.92 Å². The first-order valence-electron chi connectivity index (χ1n) is 6.25. The van der Waals surface area contributed by atoms with Gasteiger partial charge in [0.1, 0.15) is 0 Å². The molecule has 2 rings (SSSR count). The standard InChI is InChI=1S/C13H19N3O2/c1-10-4-3-7-16(9-10)13(17)15-11-5-6-12(18-2)14-8-11/h5-6,8,10H,3-4,7,9H2,1-2H3,(H,15,17). The lowest BCUT2D eigenvalue weighted by molar-refractivity contribution is 0.182. The van der Waals surface area contributed by atoms with Crippen LogP contribution in [0.2, 0.25) is 0 Å². The normalized spacial score (nSPS) is 19.4. The maximum absolute atomic E-state index is 12.0. The number of piperidine rings is 1. The van der Waals surface area contributed by atoms with Crippen LogP contribution in [-0.2, 0) is 0 Å². The van der Waals surface area contributed by atoms with Gasteiger partial charge in [0.25, 0.3) is 0 Å². The number of pyridine rings is 1. The van der Waals surface area contributed by atoms with E-state index < -0.39 is 0 Å². The summed E-state index contributed by atoms with van der Waals surface area (Å²) in [5.74, 6) is 1.12. The van der Waals surface area contributed by atoms with E-state index in [1.807, 2.05) is 4.90 Å². The van der Waals surface area contributed by atoms with E-state index in [9.17, 15) is 4.79 Å². The van der Waals surface area contributed by atoms with Gasteiger partial charge in [0.15, 0.2) is 0 Å². The zero-order valence-corrected chi connectivity index (χ0v) is 10.8. The second-order valence-electron chi connectivity index (χ2n) is 4.71. The number of nitrogens with one attached hydrogen (secondary N) is 1. The minimum absolute atomic E-state index is 0.0477. The molecule has 1 unspecified atom stereocenters. The van der Waals surface area contributed by atoms with Crippen LogP contribution in [0.5, 0.6) is 5.88 Å². The number of hydrogen-bond donors (Lipinski definition) is 1. The second-order valence-corrected chi connectivity index (χ2v) is 4.71. The van der Waals surface area contributed by atoms with Crippen molar-refractivity contribution >= 4 is 11.7 Å². The highest BCUT2D eigenvalue weighted by molar-refractivity contribution is 5.89. The Kier molecular flexibility index (Phi) is 4.02. The highest BCUT2D eigenvalue weighted by Crippen LogP contribution is 2.17. The Morgan fingerprint density at radius 3 is 3.00 bits per heavy atom. The second kappa shape index (κ2) is 5.71. The molecule has 1 aromatic heterocycles. The maximum atomic E-state index is 12.0. The Bertz CT molecular complexity index is 405. The number of urea groups is 1. The molecule has 98 valence electrons. The monoisotopic (exact) mass is 249 g/mol. The summed E-state index contributed by atoms with van der Waals surface area (Å²) >= 11 is 0. The molecule has 0 saturated carbocycles. The summed E-state index contributed by atoms with van der Waals surface area (Å²) in [5, 5.41) is 2.85. The average molecular weight is 249 g/mol. The van der Waals surface area contributed by atoms with Crippen molar-refractivity contribution in [1.82, 2.24) is 9.88 Å². The number of carbonyl (C=O) groups excluding carboxylic acids is 1. The molecule has 2 heterocycles. The van der Waals surface area contributed by atoms with Crippen molar-refractivity contribution in [3.05, 3.63) is 18.3 Å². The van der Waals surface area contributed by atoms with Crippen LogP contribution in [0.4, 0.5) is 10.5 Å². The number of nitrogens with zero attached hydrogens (tertiary/aromatic N) is 2. The number of ether oxygens (including phenoxy) is 1. The van der Waals surface area contributed by atoms with Crippen LogP contribution in [0.25, 0.3) is 0 Å². The predicted molar refractivity (Wildman–Crippen MR) is 69.8 cm³/mol. The van der Waals surface area contributed by atoms with Crippen molar-refractivity contribution in [2.75, 3.05) is 25.5 Å². The van der Waals surface area contributed by atoms with Crippen molar-refractivity contribution in [3.63, 3.8) is 0 Å². The predicted octanol–water partition coefficient (Wildman–Crippen LogP) is 2.35. The van der Waals surface area contributed by atoms with Gasteiger partial charge in [0, 0.05) is 19.2 Å². The molecule has 1 atom stereocenters. The van der Waals surface area contributed by atoms with Crippen LogP contribution in [0.1, 0.15) is 19.8 Å². The quantitative estimate of drug-likeness (QED) is 0.875. The largest absolute Gasteiger partial charge is 0.481 e. The van der Waals surface area contributed by atoms with E-state index in [4.69, 9.17) is 4.74 Å². The van der Waals surface area contributed by atoms with Crippen molar-refractivity contribution in [1.29, 1.82) is 0 Å². The van der Waals surface area contributed by atoms with Crippen molar-refractivity contribution in [2.24, 2.45) is 5.92 Å². The number of carbonyl (C=O) groups is 1. The molecule has 1 saturated heterocycles. The van der Waals surface area contributed by atoms with Gasteiger partial charge in [-0.3, -0.25) is 0 Å². The van der Waals surface area contributed by atoms with Crippen molar-refractivity contribution in [2.45, 2.75) is 19.8 Å². The molecular weight excluding hydrogens is 230 g/mol. The number of amides is 2. The molecule has 0 bridgehead atoms. The van der Waals surface area contributed by atoms with Crippen LogP contribution in [0.3, 0.4) is 0 Å². The first-order chi connectivity index (χ1) is 8.69. The third-order valence-electron chi connectivity index (χ3n) is 3.14. The Balaban J connectivity index is 1.93. The molecule has 5 heteroatoms. The molecule has 1 N–H and O–H groups in total. The third-order valence-corrected chi connectivity index (χ3v) is 3.14. The minimum atomic E-state index is -0.0477. The highest BCUT2D eigenvalue weighted by Gasteiger charge is 2.20. The molecule has 0 aromatic carbocycles. The van der Waals surface area contributed by atoms with E-state index in [1.165, 1.54) is 6.42 Å². The van der Waals surface area contributed by atoms with E-state index in [2.05, 4.69) is 17.2 Å². The lowest BCUT2D eigenvalue weighted by atomic mass is 10.0. The molecule has 1 fully saturated rings. The molecule has 0 aliphatic carbocycles. The number of rotatable bonds is 2. The van der Waals surface area contributed by atoms with E-state index in [1.54, 1.807) is 25.4 Å². The van der Waals surface area contributed by atoms with Crippen LogP contribution >= 0.6 is 0 Å². The number of anilines is 1. The van der Waals surface area contributed by atoms with Gasteiger partial charge in [0.2, 0.25) is 5.88 Å². The zero-order chi connectivity index (χ0) is 13.0. The summed E-state index contributed by atoms with van der Waals surface area (Å²) in [6, 6.07) is 3.47. The smallest absolute Gasteiger partial charge is 0.321 e. The highest BCUT2D eigenvalue weighted by atomic mass is 16.5. The van der Waals surface area contributed by atoms with Crippen LogP contribution in [0, 0.1) is 5.92 Å². The first kappa shape index (κ1) is 12.7. The van der Waals surface area contributed by atoms with Gasteiger partial charge in [-0.05, 0) is 24.8 Å². The molecule has 0 spiro atoms. The lowest BCUT2D eigenvalue weighted by Crippen LogP contribution is -2.41. The van der Waals surface area contributed by atoms with Crippen LogP contribution < -0.4 is 10.1 Å². The van der Waals surface area contributed by atoms with Crippen LogP contribution in [0.15, 0.2) is 18.3 Å². The molecule has 18 heavy (non-hydrogen) atoms. The van der Waals surface area contributed by atoms with Gasteiger partial charge in [-0.15, -0.1) is 0 Å². The molecule has 1 aliphatic rings. The zero-order valence-electron chi connectivity index (χ0n) is 10.8. The Labute approximate surface area is 107 Å². The number of methoxy groups -OCH3 is 1. The van der Waals surface area contributed by atoms with Gasteiger partial charge in [0.05, 0.1) is 19.0 Å². The topological polar surface area (TPSA) is 54.5 Å². The van der Waals surface area contributed by atoms with E-state index in [0.29, 0.717) is 17.5 Å². The Morgan fingerprint density at radius 1 is 1.56 bits per heavy atom. The lowest BCUT2D eigenvalue weighted by Gasteiger charge is -2.30. The summed E-state index contributed by atoms with van der Waals surface area (Å²) in [6.45, 7) is 3.84. The van der Waals surface area contributed by atoms with Gasteiger partial charge >= 0.3 is 6.03 Å². The summed E-state index contributed by atoms with van der Waals surface area (Å²) in [7, 11) is 1.57. The number of hydrogen-bond acceptors (Lipinski definition) is 3. The molecule has 1 aliphatic heterocycles. The van der Waals surface area contributed by atoms with E-state index >= 15 is 0 Å². The fraction of sp³-hybridized carbons (Fsp3) is 0.538. The van der Waals surface area contributed by atoms with Crippen molar-refractivity contribution < 1.29 is 9.53 Å². The van der Waals surface area contributed by atoms with E-state index in [0.717, 1.165) is 19.5 Å². The summed E-state index contributed by atoms with van der Waals surface area (Å²) in [6.07, 6.45) is 3.88. The SMILES string of the molecule is COc1ccc(NC(=O)N2CCCC(C)C2)cn1. The maximum Gasteiger partial charge on any atom is 0.321 e. The number of aromatic nitrogens is 1. The molecule has 0 radical (unpaired) electrons. The van der Waals surface area contributed by atoms with Gasteiger partial charge in [-0.25, -0.2) is 9.78 Å². The molecule has 5 nitrogen and oxygen atoms in total.